The maximum atomic E-state index is 13.3. The van der Waals surface area contributed by atoms with Gasteiger partial charge in [0.1, 0.15) is 6.29 Å². The number of carbonyl (C=O) groups excluding carboxylic acids is 2. The Bertz CT molecular complexity index is 926. The Morgan fingerprint density at radius 2 is 0.940 bits per heavy atom. The van der Waals surface area contributed by atoms with Crippen LogP contribution >= 0.6 is 0 Å². The predicted octanol–water partition coefficient (Wildman–Crippen LogP) is 11.7. The summed E-state index contributed by atoms with van der Waals surface area (Å²) < 4.78 is 0. The standard InChI is InChI=1S/C27H57N3O.C18H36O/c1-20(16-24(3,4)5)14-15-22(21(2)17-25(6,7)8)23(31)29-18-27(11,12)30-19-26(9,10)28-13;1-14(11-17(3,4)5)9-10-16(13-19)15(2)12-18(6,7)8/h20-22,28,30H,14-19H2,1-13H3,(H,29,31);13-16H,9-12H2,1-8H3. The van der Waals surface area contributed by atoms with Crippen LogP contribution in [0, 0.1) is 57.2 Å². The van der Waals surface area contributed by atoms with Gasteiger partial charge in [-0.1, -0.05) is 117 Å². The zero-order valence-electron chi connectivity index (χ0n) is 37.9. The van der Waals surface area contributed by atoms with Gasteiger partial charge in [0.05, 0.1) is 0 Å². The Labute approximate surface area is 315 Å². The molecule has 0 aliphatic heterocycles. The topological polar surface area (TPSA) is 70.2 Å². The molecule has 0 radical (unpaired) electrons. The van der Waals surface area contributed by atoms with Crippen molar-refractivity contribution < 1.29 is 9.59 Å². The van der Waals surface area contributed by atoms with Crippen LogP contribution in [-0.4, -0.2) is 43.4 Å². The van der Waals surface area contributed by atoms with E-state index in [1.165, 1.54) is 25.5 Å². The summed E-state index contributed by atoms with van der Waals surface area (Å²) in [5.41, 5.74) is 1.15. The van der Waals surface area contributed by atoms with Crippen LogP contribution in [0.2, 0.25) is 0 Å². The summed E-state index contributed by atoms with van der Waals surface area (Å²) in [6.07, 6.45) is 10.1. The van der Waals surface area contributed by atoms with Gasteiger partial charge in [0, 0.05) is 36.0 Å². The number of nitrogens with one attached hydrogen (secondary N) is 3. The molecule has 50 heavy (non-hydrogen) atoms. The average molecular weight is 708 g/mol. The molecule has 5 heteroatoms. The first-order chi connectivity index (χ1) is 22.2. The molecule has 0 aromatic heterocycles. The third-order valence-electron chi connectivity index (χ3n) is 10.1. The second-order valence-electron chi connectivity index (χ2n) is 22.9. The van der Waals surface area contributed by atoms with Gasteiger partial charge >= 0.3 is 0 Å². The summed E-state index contributed by atoms with van der Waals surface area (Å²) in [4.78, 5) is 24.7. The molecule has 1 amide bonds. The van der Waals surface area contributed by atoms with Crippen LogP contribution in [0.15, 0.2) is 0 Å². The van der Waals surface area contributed by atoms with Gasteiger partial charge in [0.2, 0.25) is 5.91 Å². The highest BCUT2D eigenvalue weighted by Gasteiger charge is 2.31. The van der Waals surface area contributed by atoms with Gasteiger partial charge in [0.15, 0.2) is 0 Å². The fraction of sp³-hybridized carbons (Fsp3) is 0.956. The van der Waals surface area contributed by atoms with Gasteiger partial charge in [-0.05, 0) is 125 Å². The lowest BCUT2D eigenvalue weighted by atomic mass is 9.76. The summed E-state index contributed by atoms with van der Waals surface area (Å²) in [6.45, 7) is 46.7. The number of carbonyl (C=O) groups is 2. The Hall–Kier alpha value is -0.940. The van der Waals surface area contributed by atoms with E-state index >= 15 is 0 Å². The van der Waals surface area contributed by atoms with Crippen LogP contribution < -0.4 is 16.0 Å². The van der Waals surface area contributed by atoms with Gasteiger partial charge in [0.25, 0.3) is 0 Å². The van der Waals surface area contributed by atoms with E-state index in [4.69, 9.17) is 0 Å². The minimum atomic E-state index is -0.152. The van der Waals surface area contributed by atoms with Crippen molar-refractivity contribution in [2.24, 2.45) is 57.2 Å². The third kappa shape index (κ3) is 28.6. The van der Waals surface area contributed by atoms with Gasteiger partial charge in [-0.3, -0.25) is 4.79 Å². The molecular weight excluding hydrogens is 615 g/mol. The largest absolute Gasteiger partial charge is 0.354 e. The van der Waals surface area contributed by atoms with E-state index in [0.29, 0.717) is 46.5 Å². The Kier molecular flexibility index (Phi) is 22.2. The van der Waals surface area contributed by atoms with Crippen LogP contribution in [0.1, 0.15) is 190 Å². The van der Waals surface area contributed by atoms with E-state index in [-0.39, 0.29) is 34.2 Å². The van der Waals surface area contributed by atoms with E-state index in [9.17, 15) is 9.59 Å². The second-order valence-corrected chi connectivity index (χ2v) is 22.9. The van der Waals surface area contributed by atoms with Crippen LogP contribution in [-0.2, 0) is 9.59 Å². The minimum absolute atomic E-state index is 0.0221. The van der Waals surface area contributed by atoms with Crippen LogP contribution in [0.5, 0.6) is 0 Å². The fourth-order valence-corrected chi connectivity index (χ4v) is 7.67. The number of hydrogen-bond acceptors (Lipinski definition) is 4. The molecule has 0 heterocycles. The molecule has 5 nitrogen and oxygen atoms in total. The highest BCUT2D eigenvalue weighted by molar-refractivity contribution is 5.79. The normalized spacial score (nSPS) is 17.1. The van der Waals surface area contributed by atoms with E-state index in [1.807, 2.05) is 7.05 Å². The van der Waals surface area contributed by atoms with Crippen molar-refractivity contribution in [3.63, 3.8) is 0 Å². The minimum Gasteiger partial charge on any atom is -0.354 e. The van der Waals surface area contributed by atoms with Crippen LogP contribution in [0.25, 0.3) is 0 Å². The highest BCUT2D eigenvalue weighted by Crippen LogP contribution is 2.35. The molecule has 3 N–H and O–H groups in total. The lowest BCUT2D eigenvalue weighted by molar-refractivity contribution is -0.127. The summed E-state index contributed by atoms with van der Waals surface area (Å²) in [7, 11) is 1.98. The first-order valence-electron chi connectivity index (χ1n) is 20.4. The van der Waals surface area contributed by atoms with Crippen molar-refractivity contribution in [3.05, 3.63) is 0 Å². The molecule has 0 saturated carbocycles. The van der Waals surface area contributed by atoms with E-state index in [2.05, 4.69) is 154 Å². The van der Waals surface area contributed by atoms with Gasteiger partial charge in [-0.15, -0.1) is 0 Å². The van der Waals surface area contributed by atoms with Crippen molar-refractivity contribution in [2.75, 3.05) is 20.1 Å². The maximum absolute atomic E-state index is 13.3. The molecule has 0 rings (SSSR count). The molecule has 0 aliphatic carbocycles. The first-order valence-corrected chi connectivity index (χ1v) is 20.4. The lowest BCUT2D eigenvalue weighted by Crippen LogP contribution is -2.56. The summed E-state index contributed by atoms with van der Waals surface area (Å²) in [5.74, 6) is 2.76. The van der Waals surface area contributed by atoms with Crippen LogP contribution in [0.4, 0.5) is 0 Å². The SMILES string of the molecule is CC(CCC(C=O)C(C)CC(C)(C)C)CC(C)(C)C.CNC(C)(C)CNC(C)(C)CNC(=O)C(CCC(C)CC(C)(C)C)C(C)CC(C)(C)C. The van der Waals surface area contributed by atoms with Crippen molar-refractivity contribution in [1.82, 2.24) is 16.0 Å². The molecule has 0 bridgehead atoms. The second kappa shape index (κ2) is 21.7. The molecule has 0 spiro atoms. The number of amides is 1. The molecule has 0 aromatic rings. The Morgan fingerprint density at radius 1 is 0.540 bits per heavy atom. The number of rotatable bonds is 20. The lowest BCUT2D eigenvalue weighted by Gasteiger charge is -2.34. The van der Waals surface area contributed by atoms with E-state index in [0.717, 1.165) is 38.6 Å². The van der Waals surface area contributed by atoms with Crippen molar-refractivity contribution in [1.29, 1.82) is 0 Å². The zero-order chi connectivity index (χ0) is 39.9. The molecule has 6 atom stereocenters. The van der Waals surface area contributed by atoms with Gasteiger partial charge in [-0.25, -0.2) is 0 Å². The third-order valence-corrected chi connectivity index (χ3v) is 10.1. The zero-order valence-corrected chi connectivity index (χ0v) is 37.9. The van der Waals surface area contributed by atoms with Crippen molar-refractivity contribution in [3.8, 4) is 0 Å². The molecule has 6 unspecified atom stereocenters. The Morgan fingerprint density at radius 3 is 1.32 bits per heavy atom. The maximum Gasteiger partial charge on any atom is 0.223 e. The molecule has 0 aromatic carbocycles. The number of aldehydes is 1. The molecule has 0 saturated heterocycles. The summed E-state index contributed by atoms with van der Waals surface area (Å²) >= 11 is 0. The fourth-order valence-electron chi connectivity index (χ4n) is 7.67. The van der Waals surface area contributed by atoms with Gasteiger partial charge < -0.3 is 20.7 Å². The van der Waals surface area contributed by atoms with E-state index < -0.39 is 0 Å². The average Bonchev–Trinajstić information content (AvgIpc) is 2.88. The van der Waals surface area contributed by atoms with Crippen LogP contribution in [0.3, 0.4) is 0 Å². The first kappa shape index (κ1) is 51.2. The van der Waals surface area contributed by atoms with Crippen molar-refractivity contribution >= 4 is 12.2 Å². The molecule has 0 aliphatic rings. The highest BCUT2D eigenvalue weighted by atomic mass is 16.2. The van der Waals surface area contributed by atoms with Crippen molar-refractivity contribution in [2.45, 2.75) is 201 Å². The quantitative estimate of drug-likeness (QED) is 0.110. The molecule has 0 fully saturated rings. The predicted molar refractivity (Wildman–Crippen MR) is 223 cm³/mol. The molecular formula is C45H93N3O2. The Balaban J connectivity index is 0. The summed E-state index contributed by atoms with van der Waals surface area (Å²) in [5, 5.41) is 10.2. The number of likely N-dealkylation sites (N-methyl/N-ethyl adjacent to an activating group) is 1. The van der Waals surface area contributed by atoms with E-state index in [1.54, 1.807) is 0 Å². The smallest absolute Gasteiger partial charge is 0.223 e. The monoisotopic (exact) mass is 708 g/mol. The summed E-state index contributed by atoms with van der Waals surface area (Å²) in [6, 6.07) is 0. The number of hydrogen-bond donors (Lipinski definition) is 3. The molecule has 300 valence electrons. The van der Waals surface area contributed by atoms with Gasteiger partial charge in [-0.2, -0.15) is 0 Å².